The number of nitrogens with one attached hydrogen (secondary N) is 1. The Kier molecular flexibility index (Phi) is 6.69. The van der Waals surface area contributed by atoms with Gasteiger partial charge in [-0.05, 0) is 24.3 Å². The van der Waals surface area contributed by atoms with Crippen molar-refractivity contribution < 1.29 is 31.3 Å². The van der Waals surface area contributed by atoms with E-state index in [9.17, 15) is 36.5 Å². The second-order valence-corrected chi connectivity index (χ2v) is 7.88. The van der Waals surface area contributed by atoms with Crippen molar-refractivity contribution in [2.75, 3.05) is 17.4 Å². The Hall–Kier alpha value is -2.86. The maximum Gasteiger partial charge on any atom is 0.405 e. The minimum Gasteiger partial charge on any atom is -0.345 e. The average Bonchev–Trinajstić information content (AvgIpc) is 2.64. The first-order chi connectivity index (χ1) is 13.4. The predicted molar refractivity (Wildman–Crippen MR) is 98.1 cm³/mol. The molecule has 0 saturated heterocycles. The molecule has 0 aliphatic carbocycles. The largest absolute Gasteiger partial charge is 0.405 e. The number of anilines is 1. The first-order valence-electron chi connectivity index (χ1n) is 7.77. The lowest BCUT2D eigenvalue weighted by atomic mass is 10.3. The fourth-order valence-electron chi connectivity index (χ4n) is 2.21. The number of benzene rings is 2. The topological polar surface area (TPSA) is 110 Å². The van der Waals surface area contributed by atoms with E-state index in [-0.39, 0.29) is 10.7 Å². The van der Waals surface area contributed by atoms with E-state index in [2.05, 4.69) is 0 Å². The van der Waals surface area contributed by atoms with Gasteiger partial charge < -0.3 is 5.32 Å². The maximum absolute atomic E-state index is 13.0. The Morgan fingerprint density at radius 2 is 1.79 bits per heavy atom. The molecule has 2 aromatic rings. The highest BCUT2D eigenvalue weighted by Gasteiger charge is 2.31. The van der Waals surface area contributed by atoms with Gasteiger partial charge in [-0.25, -0.2) is 8.42 Å². The van der Waals surface area contributed by atoms with Crippen LogP contribution < -0.4 is 9.62 Å². The summed E-state index contributed by atoms with van der Waals surface area (Å²) in [4.78, 5) is 21.5. The summed E-state index contributed by atoms with van der Waals surface area (Å²) in [5, 5.41) is 12.3. The highest BCUT2D eigenvalue weighted by molar-refractivity contribution is 7.92. The molecule has 0 fully saturated rings. The number of nitro benzene ring substituents is 1. The average molecular weight is 452 g/mol. The summed E-state index contributed by atoms with van der Waals surface area (Å²) >= 11 is 5.69. The van der Waals surface area contributed by atoms with Crippen LogP contribution in [0.5, 0.6) is 0 Å². The quantitative estimate of drug-likeness (QED) is 0.513. The van der Waals surface area contributed by atoms with E-state index < -0.39 is 50.7 Å². The van der Waals surface area contributed by atoms with Crippen LogP contribution in [0.2, 0.25) is 5.02 Å². The Morgan fingerprint density at radius 3 is 2.34 bits per heavy atom. The van der Waals surface area contributed by atoms with Gasteiger partial charge >= 0.3 is 6.18 Å². The van der Waals surface area contributed by atoms with E-state index in [0.717, 1.165) is 12.1 Å². The molecule has 8 nitrogen and oxygen atoms in total. The van der Waals surface area contributed by atoms with Crippen LogP contribution in [0.25, 0.3) is 0 Å². The minimum atomic E-state index is -4.68. The highest BCUT2D eigenvalue weighted by Crippen LogP contribution is 2.30. The number of nitrogens with zero attached hydrogens (tertiary/aromatic N) is 2. The van der Waals surface area contributed by atoms with E-state index in [1.54, 1.807) is 11.4 Å². The molecule has 0 radical (unpaired) electrons. The monoisotopic (exact) mass is 451 g/mol. The van der Waals surface area contributed by atoms with Crippen LogP contribution >= 0.6 is 11.6 Å². The highest BCUT2D eigenvalue weighted by atomic mass is 35.5. The predicted octanol–water partition coefficient (Wildman–Crippen LogP) is 3.12. The third-order valence-electron chi connectivity index (χ3n) is 3.52. The number of para-hydroxylation sites is 1. The third kappa shape index (κ3) is 5.81. The summed E-state index contributed by atoms with van der Waals surface area (Å²) in [6.45, 7) is -2.61. The number of hydrogen-bond donors (Lipinski definition) is 1. The zero-order chi connectivity index (χ0) is 21.8. The number of nitro groups is 1. The lowest BCUT2D eigenvalue weighted by Crippen LogP contribution is -2.43. The molecule has 2 rings (SSSR count). The van der Waals surface area contributed by atoms with Crippen molar-refractivity contribution >= 4 is 38.9 Å². The van der Waals surface area contributed by atoms with E-state index in [4.69, 9.17) is 11.6 Å². The van der Waals surface area contributed by atoms with E-state index in [1.165, 1.54) is 24.3 Å². The van der Waals surface area contributed by atoms with Crippen molar-refractivity contribution in [3.63, 3.8) is 0 Å². The second kappa shape index (κ2) is 8.66. The van der Waals surface area contributed by atoms with Crippen LogP contribution in [0.3, 0.4) is 0 Å². The standard InChI is InChI=1S/C16H13ClF3N3O5S/c17-13-7-6-12(8-14(13)23(25)26)29(27,28)22(11-4-2-1-3-5-11)9-15(24)21-10-16(18,19)20/h1-8H,9-10H2,(H,21,24). The van der Waals surface area contributed by atoms with Gasteiger partial charge in [-0.15, -0.1) is 0 Å². The van der Waals surface area contributed by atoms with Crippen LogP contribution in [0.1, 0.15) is 0 Å². The summed E-state index contributed by atoms with van der Waals surface area (Å²) in [5.74, 6) is -1.21. The summed E-state index contributed by atoms with van der Waals surface area (Å²) < 4.78 is 63.5. The van der Waals surface area contributed by atoms with E-state index >= 15 is 0 Å². The number of amides is 1. The molecule has 156 valence electrons. The molecule has 0 atom stereocenters. The molecule has 0 bridgehead atoms. The Morgan fingerprint density at radius 1 is 1.17 bits per heavy atom. The maximum atomic E-state index is 13.0. The van der Waals surface area contributed by atoms with Crippen molar-refractivity contribution in [2.45, 2.75) is 11.1 Å². The van der Waals surface area contributed by atoms with Crippen LogP contribution in [0.4, 0.5) is 24.5 Å². The van der Waals surface area contributed by atoms with Crippen LogP contribution in [-0.4, -0.2) is 38.5 Å². The first-order valence-corrected chi connectivity index (χ1v) is 9.59. The Bertz CT molecular complexity index is 1020. The zero-order valence-corrected chi connectivity index (χ0v) is 16.0. The van der Waals surface area contributed by atoms with Crippen molar-refractivity contribution in [1.82, 2.24) is 5.32 Å². The molecule has 0 aliphatic heterocycles. The third-order valence-corrected chi connectivity index (χ3v) is 5.61. The summed E-state index contributed by atoms with van der Waals surface area (Å²) in [5.41, 5.74) is -0.700. The van der Waals surface area contributed by atoms with Crippen molar-refractivity contribution in [2.24, 2.45) is 0 Å². The lowest BCUT2D eigenvalue weighted by Gasteiger charge is -2.24. The number of halogens is 4. The van der Waals surface area contributed by atoms with Gasteiger partial charge in [0, 0.05) is 6.07 Å². The van der Waals surface area contributed by atoms with E-state index in [1.807, 2.05) is 0 Å². The molecule has 0 unspecified atom stereocenters. The molecular formula is C16H13ClF3N3O5S. The summed E-state index contributed by atoms with van der Waals surface area (Å²) in [6.07, 6.45) is -4.68. The Labute approximate surface area is 168 Å². The minimum absolute atomic E-state index is 0.0211. The van der Waals surface area contributed by atoms with Crippen LogP contribution in [0.15, 0.2) is 53.4 Å². The number of carbonyl (C=O) groups excluding carboxylic acids is 1. The molecule has 1 amide bonds. The fraction of sp³-hybridized carbons (Fsp3) is 0.188. The molecule has 0 aliphatic rings. The Balaban J connectivity index is 2.44. The van der Waals surface area contributed by atoms with Crippen molar-refractivity contribution in [3.8, 4) is 0 Å². The van der Waals surface area contributed by atoms with Crippen LogP contribution in [0, 0.1) is 10.1 Å². The van der Waals surface area contributed by atoms with Gasteiger partial charge in [-0.1, -0.05) is 29.8 Å². The van der Waals surface area contributed by atoms with Gasteiger partial charge in [0.2, 0.25) is 5.91 Å². The SMILES string of the molecule is O=C(CN(c1ccccc1)S(=O)(=O)c1ccc(Cl)c([N+](=O)[O-])c1)NCC(F)(F)F. The number of alkyl halides is 3. The van der Waals surface area contributed by atoms with Gasteiger partial charge in [0.1, 0.15) is 18.1 Å². The number of sulfonamides is 1. The summed E-state index contributed by atoms with van der Waals surface area (Å²) in [6, 6.07) is 9.81. The molecule has 0 heterocycles. The van der Waals surface area contributed by atoms with Crippen molar-refractivity contribution in [1.29, 1.82) is 0 Å². The lowest BCUT2D eigenvalue weighted by molar-refractivity contribution is -0.384. The smallest absolute Gasteiger partial charge is 0.345 e. The van der Waals surface area contributed by atoms with Crippen LogP contribution in [-0.2, 0) is 14.8 Å². The molecule has 0 aromatic heterocycles. The molecule has 13 heteroatoms. The molecule has 0 spiro atoms. The molecule has 1 N–H and O–H groups in total. The van der Waals surface area contributed by atoms with Gasteiger partial charge in [0.25, 0.3) is 15.7 Å². The van der Waals surface area contributed by atoms with Crippen molar-refractivity contribution in [3.05, 3.63) is 63.7 Å². The first kappa shape index (κ1) is 22.4. The zero-order valence-electron chi connectivity index (χ0n) is 14.4. The van der Waals surface area contributed by atoms with E-state index in [0.29, 0.717) is 10.4 Å². The molecular weight excluding hydrogens is 439 g/mol. The second-order valence-electron chi connectivity index (χ2n) is 5.61. The van der Waals surface area contributed by atoms with Gasteiger partial charge in [0.05, 0.1) is 15.5 Å². The molecule has 2 aromatic carbocycles. The number of hydrogen-bond acceptors (Lipinski definition) is 5. The van der Waals surface area contributed by atoms with Gasteiger partial charge in [-0.2, -0.15) is 13.2 Å². The normalized spacial score (nSPS) is 11.7. The van der Waals surface area contributed by atoms with Gasteiger partial charge in [-0.3, -0.25) is 19.2 Å². The summed E-state index contributed by atoms with van der Waals surface area (Å²) in [7, 11) is -4.55. The number of carbonyl (C=O) groups is 1. The molecule has 0 saturated carbocycles. The van der Waals surface area contributed by atoms with Gasteiger partial charge in [0.15, 0.2) is 0 Å². The number of rotatable bonds is 7. The fourth-order valence-corrected chi connectivity index (χ4v) is 3.84. The molecule has 29 heavy (non-hydrogen) atoms.